The van der Waals surface area contributed by atoms with Crippen molar-refractivity contribution in [2.75, 3.05) is 20.3 Å². The SMILES string of the molecule is O=P(NCc1cccc(CNP(=O)(Nc2ccccc2)Nc2ccccc2)c1)(Nc1ccccc1)Nc1ccccc1. The zero-order valence-corrected chi connectivity index (χ0v) is 24.8. The molecule has 0 unspecified atom stereocenters. The van der Waals surface area contributed by atoms with Gasteiger partial charge in [-0.25, -0.2) is 10.2 Å². The summed E-state index contributed by atoms with van der Waals surface area (Å²) in [4.78, 5) is 0. The van der Waals surface area contributed by atoms with Crippen LogP contribution in [0.15, 0.2) is 146 Å². The van der Waals surface area contributed by atoms with Crippen LogP contribution in [-0.2, 0) is 22.2 Å². The number of anilines is 4. The lowest BCUT2D eigenvalue weighted by molar-refractivity contribution is 0.571. The highest BCUT2D eigenvalue weighted by molar-refractivity contribution is 7.65. The van der Waals surface area contributed by atoms with Crippen LogP contribution in [0.5, 0.6) is 0 Å². The van der Waals surface area contributed by atoms with Crippen LogP contribution in [0.25, 0.3) is 0 Å². The molecule has 0 aromatic heterocycles. The normalized spacial score (nSPS) is 11.4. The third-order valence-electron chi connectivity index (χ3n) is 6.24. The molecule has 0 atom stereocenters. The average Bonchev–Trinajstić information content (AvgIpc) is 3.01. The van der Waals surface area contributed by atoms with Crippen LogP contribution in [0.2, 0.25) is 0 Å². The van der Waals surface area contributed by atoms with E-state index in [4.69, 9.17) is 0 Å². The van der Waals surface area contributed by atoms with E-state index in [0.29, 0.717) is 13.1 Å². The van der Waals surface area contributed by atoms with Crippen molar-refractivity contribution in [3.63, 3.8) is 0 Å². The molecule has 0 saturated heterocycles. The van der Waals surface area contributed by atoms with E-state index in [0.717, 1.165) is 33.9 Å². The summed E-state index contributed by atoms with van der Waals surface area (Å²) in [6.45, 7) is 0.681. The minimum Gasteiger partial charge on any atom is -0.308 e. The summed E-state index contributed by atoms with van der Waals surface area (Å²) in [5.41, 5.74) is 4.82. The van der Waals surface area contributed by atoms with Crippen molar-refractivity contribution in [2.45, 2.75) is 13.1 Å². The molecular formula is C32H34N6O2P2. The van der Waals surface area contributed by atoms with Crippen molar-refractivity contribution in [1.29, 1.82) is 0 Å². The molecule has 5 aromatic carbocycles. The molecule has 0 radical (unpaired) electrons. The van der Waals surface area contributed by atoms with Crippen molar-refractivity contribution in [3.8, 4) is 0 Å². The summed E-state index contributed by atoms with van der Waals surface area (Å²) in [5, 5.41) is 19.0. The smallest absolute Gasteiger partial charge is 0.308 e. The maximum Gasteiger partial charge on any atom is 0.328 e. The quantitative estimate of drug-likeness (QED) is 0.0709. The Labute approximate surface area is 247 Å². The van der Waals surface area contributed by atoms with E-state index >= 15 is 0 Å². The van der Waals surface area contributed by atoms with E-state index in [1.165, 1.54) is 0 Å². The lowest BCUT2D eigenvalue weighted by Gasteiger charge is -2.24. The van der Waals surface area contributed by atoms with Gasteiger partial charge in [0.05, 0.1) is 0 Å². The summed E-state index contributed by atoms with van der Waals surface area (Å²) in [6, 6.07) is 45.7. The molecule has 8 nitrogen and oxygen atoms in total. The Balaban J connectivity index is 1.28. The van der Waals surface area contributed by atoms with Gasteiger partial charge in [-0.1, -0.05) is 97.1 Å². The molecule has 0 aliphatic rings. The van der Waals surface area contributed by atoms with Crippen LogP contribution in [0, 0.1) is 0 Å². The number of hydrogen-bond acceptors (Lipinski definition) is 2. The fourth-order valence-corrected chi connectivity index (χ4v) is 7.54. The summed E-state index contributed by atoms with van der Waals surface area (Å²) in [7, 11) is -6.59. The van der Waals surface area contributed by atoms with Crippen LogP contribution in [0.3, 0.4) is 0 Å². The maximum atomic E-state index is 14.0. The first kappa shape index (κ1) is 29.2. The van der Waals surface area contributed by atoms with Gasteiger partial charge in [-0.15, -0.1) is 0 Å². The van der Waals surface area contributed by atoms with Gasteiger partial charge in [0.25, 0.3) is 0 Å². The molecule has 0 bridgehead atoms. The van der Waals surface area contributed by atoms with Crippen LogP contribution >= 0.6 is 15.2 Å². The zero-order valence-electron chi connectivity index (χ0n) is 23.0. The van der Waals surface area contributed by atoms with Crippen molar-refractivity contribution in [2.24, 2.45) is 0 Å². The van der Waals surface area contributed by atoms with Crippen LogP contribution in [-0.4, -0.2) is 0 Å². The molecule has 6 N–H and O–H groups in total. The van der Waals surface area contributed by atoms with Crippen LogP contribution in [0.1, 0.15) is 11.1 Å². The van der Waals surface area contributed by atoms with Gasteiger partial charge in [-0.05, 0) is 59.7 Å². The molecule has 10 heteroatoms. The molecule has 5 aromatic rings. The highest BCUT2D eigenvalue weighted by Crippen LogP contribution is 2.43. The predicted octanol–water partition coefficient (Wildman–Crippen LogP) is 8.53. The first-order valence-electron chi connectivity index (χ1n) is 13.6. The molecule has 0 fully saturated rings. The van der Waals surface area contributed by atoms with Gasteiger partial charge >= 0.3 is 15.2 Å². The van der Waals surface area contributed by atoms with Gasteiger partial charge in [0.15, 0.2) is 0 Å². The van der Waals surface area contributed by atoms with Gasteiger partial charge in [0.2, 0.25) is 0 Å². The lowest BCUT2D eigenvalue weighted by atomic mass is 10.1. The lowest BCUT2D eigenvalue weighted by Crippen LogP contribution is -2.22. The Morgan fingerprint density at radius 1 is 0.381 bits per heavy atom. The third kappa shape index (κ3) is 8.84. The largest absolute Gasteiger partial charge is 0.328 e. The minimum atomic E-state index is -3.29. The van der Waals surface area contributed by atoms with Gasteiger partial charge in [0.1, 0.15) is 0 Å². The standard InChI is InChI=1S/C32H34N6O2P2/c39-41(35-29-16-5-1-6-17-29,36-30-18-7-2-8-19-30)33-25-27-14-13-15-28(24-27)26-34-42(40,37-31-20-9-3-10-21-31)38-32-22-11-4-12-23-32/h1-24H,25-26H2,(H3,33,35,36,39)(H3,34,37,38,40). The third-order valence-corrected chi connectivity index (χ3v) is 9.74. The Bertz CT molecular complexity index is 1430. The van der Waals surface area contributed by atoms with Gasteiger partial charge < -0.3 is 20.3 Å². The van der Waals surface area contributed by atoms with Crippen LogP contribution < -0.4 is 30.5 Å². The summed E-state index contributed by atoms with van der Waals surface area (Å²) < 4.78 is 28.0. The summed E-state index contributed by atoms with van der Waals surface area (Å²) in [6.07, 6.45) is 0. The number of benzene rings is 5. The van der Waals surface area contributed by atoms with E-state index in [1.807, 2.05) is 146 Å². The Hall–Kier alpha value is -4.32. The van der Waals surface area contributed by atoms with Gasteiger partial charge in [0, 0.05) is 35.8 Å². The average molecular weight is 597 g/mol. The zero-order chi connectivity index (χ0) is 29.1. The van der Waals surface area contributed by atoms with Gasteiger partial charge in [-0.2, -0.15) is 0 Å². The second-order valence-electron chi connectivity index (χ2n) is 9.62. The first-order chi connectivity index (χ1) is 20.5. The molecule has 0 spiro atoms. The summed E-state index contributed by atoms with van der Waals surface area (Å²) in [5.74, 6) is 0. The van der Waals surface area contributed by atoms with Crippen molar-refractivity contribution in [3.05, 3.63) is 157 Å². The molecule has 0 aliphatic carbocycles. The van der Waals surface area contributed by atoms with Crippen molar-refractivity contribution < 1.29 is 9.13 Å². The number of rotatable bonds is 14. The van der Waals surface area contributed by atoms with E-state index in [1.54, 1.807) is 0 Å². The number of nitrogens with one attached hydrogen (secondary N) is 6. The minimum absolute atomic E-state index is 0.340. The fourth-order valence-electron chi connectivity index (χ4n) is 4.25. The second-order valence-corrected chi connectivity index (χ2v) is 13.6. The van der Waals surface area contributed by atoms with E-state index in [2.05, 4.69) is 30.5 Å². The highest BCUT2D eigenvalue weighted by atomic mass is 31.2. The molecule has 0 heterocycles. The molecule has 0 aliphatic heterocycles. The first-order valence-corrected chi connectivity index (χ1v) is 17.0. The Kier molecular flexibility index (Phi) is 9.75. The fraction of sp³-hybridized carbons (Fsp3) is 0.0625. The Morgan fingerprint density at radius 2 is 0.667 bits per heavy atom. The Morgan fingerprint density at radius 3 is 0.952 bits per heavy atom. The van der Waals surface area contributed by atoms with E-state index < -0.39 is 15.2 Å². The monoisotopic (exact) mass is 596 g/mol. The molecular weight excluding hydrogens is 562 g/mol. The van der Waals surface area contributed by atoms with Crippen molar-refractivity contribution in [1.82, 2.24) is 10.2 Å². The van der Waals surface area contributed by atoms with E-state index in [-0.39, 0.29) is 0 Å². The second kappa shape index (κ2) is 14.0. The predicted molar refractivity (Wildman–Crippen MR) is 176 cm³/mol. The summed E-state index contributed by atoms with van der Waals surface area (Å²) >= 11 is 0. The molecule has 5 rings (SSSR count). The number of hydrogen-bond donors (Lipinski definition) is 6. The topological polar surface area (TPSA) is 106 Å². The maximum absolute atomic E-state index is 14.0. The van der Waals surface area contributed by atoms with Crippen molar-refractivity contribution >= 4 is 37.9 Å². The van der Waals surface area contributed by atoms with Gasteiger partial charge in [-0.3, -0.25) is 9.13 Å². The van der Waals surface area contributed by atoms with E-state index in [9.17, 15) is 9.13 Å². The number of para-hydroxylation sites is 4. The molecule has 0 saturated carbocycles. The molecule has 42 heavy (non-hydrogen) atoms. The van der Waals surface area contributed by atoms with Crippen LogP contribution in [0.4, 0.5) is 22.7 Å². The highest BCUT2D eigenvalue weighted by Gasteiger charge is 2.23. The molecule has 0 amide bonds. The molecule has 214 valence electrons.